The van der Waals surface area contributed by atoms with E-state index in [0.29, 0.717) is 0 Å². The van der Waals surface area contributed by atoms with Crippen molar-refractivity contribution in [3.05, 3.63) is 54.2 Å². The molecule has 2 nitrogen and oxygen atoms in total. The lowest BCUT2D eigenvalue weighted by atomic mass is 10.1. The molecule has 0 aliphatic carbocycles. The van der Waals surface area contributed by atoms with Gasteiger partial charge in [-0.25, -0.2) is 0 Å². The minimum Gasteiger partial charge on any atom is -0.372 e. The van der Waals surface area contributed by atoms with Crippen molar-refractivity contribution in [3.63, 3.8) is 0 Å². The molecule has 1 heterocycles. The van der Waals surface area contributed by atoms with Crippen molar-refractivity contribution >= 4 is 11.9 Å². The molecule has 70 valence electrons. The molecule has 0 bridgehead atoms. The van der Waals surface area contributed by atoms with E-state index in [4.69, 9.17) is 0 Å². The number of aldehydes is 1. The van der Waals surface area contributed by atoms with Crippen molar-refractivity contribution in [1.82, 2.24) is 5.32 Å². The molecule has 2 heteroatoms. The average Bonchev–Trinajstić information content (AvgIpc) is 2.61. The van der Waals surface area contributed by atoms with Crippen LogP contribution in [0.2, 0.25) is 0 Å². The lowest BCUT2D eigenvalue weighted by molar-refractivity contribution is -0.108. The van der Waals surface area contributed by atoms with Crippen LogP contribution in [-0.4, -0.2) is 12.3 Å². The van der Waals surface area contributed by atoms with E-state index in [0.717, 1.165) is 23.1 Å². The molecule has 0 amide bonds. The van der Waals surface area contributed by atoms with Crippen LogP contribution in [0.1, 0.15) is 5.56 Å². The largest absolute Gasteiger partial charge is 0.372 e. The molecular weight excluding hydrogens is 174 g/mol. The Morgan fingerprint density at radius 2 is 2.00 bits per heavy atom. The Bertz CT molecular complexity index is 392. The molecule has 1 atom stereocenters. The maximum Gasteiger partial charge on any atom is 0.146 e. The number of hydrogen-bond acceptors (Lipinski definition) is 2. The van der Waals surface area contributed by atoms with Crippen LogP contribution < -0.4 is 5.32 Å². The lowest BCUT2D eigenvalue weighted by Gasteiger charge is -2.04. The summed E-state index contributed by atoms with van der Waals surface area (Å²) in [6, 6.07) is 9.69. The summed E-state index contributed by atoms with van der Waals surface area (Å²) in [6.07, 6.45) is 2.77. The summed E-state index contributed by atoms with van der Waals surface area (Å²) >= 11 is 0. The molecule has 0 aromatic heterocycles. The summed E-state index contributed by atoms with van der Waals surface area (Å²) in [7, 11) is 0. The first-order chi connectivity index (χ1) is 6.81. The first-order valence-corrected chi connectivity index (χ1v) is 4.49. The van der Waals surface area contributed by atoms with E-state index in [-0.39, 0.29) is 6.04 Å². The molecule has 1 N–H and O–H groups in total. The highest BCUT2D eigenvalue weighted by atomic mass is 16.1. The van der Waals surface area contributed by atoms with Gasteiger partial charge in [0.2, 0.25) is 0 Å². The van der Waals surface area contributed by atoms with Gasteiger partial charge in [-0.1, -0.05) is 36.9 Å². The van der Waals surface area contributed by atoms with Crippen molar-refractivity contribution in [2.75, 3.05) is 0 Å². The number of allylic oxidation sites excluding steroid dienone is 1. The van der Waals surface area contributed by atoms with Crippen LogP contribution in [0.5, 0.6) is 0 Å². The molecule has 1 aliphatic heterocycles. The molecule has 14 heavy (non-hydrogen) atoms. The molecule has 0 fully saturated rings. The normalized spacial score (nSPS) is 20.1. The summed E-state index contributed by atoms with van der Waals surface area (Å²) in [5, 5.41) is 3.00. The molecule has 2 rings (SSSR count). The summed E-state index contributed by atoms with van der Waals surface area (Å²) in [4.78, 5) is 10.6. The highest BCUT2D eigenvalue weighted by Crippen LogP contribution is 2.25. The van der Waals surface area contributed by atoms with E-state index in [1.54, 1.807) is 0 Å². The van der Waals surface area contributed by atoms with Gasteiger partial charge in [0.1, 0.15) is 12.3 Å². The van der Waals surface area contributed by atoms with E-state index in [1.807, 2.05) is 36.4 Å². The number of carbonyl (C=O) groups excluding carboxylic acids is 1. The highest BCUT2D eigenvalue weighted by molar-refractivity contribution is 5.85. The number of hydrogen-bond donors (Lipinski definition) is 1. The predicted molar refractivity (Wildman–Crippen MR) is 56.5 cm³/mol. The van der Waals surface area contributed by atoms with Gasteiger partial charge in [-0.05, 0) is 11.6 Å². The Kier molecular flexibility index (Phi) is 2.19. The summed E-state index contributed by atoms with van der Waals surface area (Å²) in [5.74, 6) is 0. The van der Waals surface area contributed by atoms with E-state index >= 15 is 0 Å². The van der Waals surface area contributed by atoms with Crippen molar-refractivity contribution in [1.29, 1.82) is 0 Å². The van der Waals surface area contributed by atoms with E-state index in [2.05, 4.69) is 11.9 Å². The summed E-state index contributed by atoms with van der Waals surface area (Å²) < 4.78 is 0. The fourth-order valence-corrected chi connectivity index (χ4v) is 1.56. The number of carbonyl (C=O) groups is 1. The predicted octanol–water partition coefficient (Wildman–Crippen LogP) is 1.75. The van der Waals surface area contributed by atoms with Gasteiger partial charge in [-0.3, -0.25) is 0 Å². The zero-order valence-electron chi connectivity index (χ0n) is 7.73. The van der Waals surface area contributed by atoms with Gasteiger partial charge in [0.25, 0.3) is 0 Å². The summed E-state index contributed by atoms with van der Waals surface area (Å²) in [6.45, 7) is 3.87. The standard InChI is InChI=1S/C12H11NO/c1-9-12(7-11(8-14)13-9)10-5-3-2-4-6-10/h2-8,11,13H,1H2. The van der Waals surface area contributed by atoms with Gasteiger partial charge in [-0.2, -0.15) is 0 Å². The van der Waals surface area contributed by atoms with Crippen LogP contribution in [0.15, 0.2) is 48.7 Å². The quantitative estimate of drug-likeness (QED) is 0.711. The zero-order valence-corrected chi connectivity index (χ0v) is 7.73. The second-order valence-corrected chi connectivity index (χ2v) is 3.23. The highest BCUT2D eigenvalue weighted by Gasteiger charge is 2.17. The molecule has 1 unspecified atom stereocenters. The smallest absolute Gasteiger partial charge is 0.146 e. The van der Waals surface area contributed by atoms with Gasteiger partial charge >= 0.3 is 0 Å². The van der Waals surface area contributed by atoms with E-state index in [9.17, 15) is 4.79 Å². The van der Waals surface area contributed by atoms with Crippen LogP contribution in [0.25, 0.3) is 5.57 Å². The number of rotatable bonds is 2. The fourth-order valence-electron chi connectivity index (χ4n) is 1.56. The molecule has 0 spiro atoms. The number of benzene rings is 1. The lowest BCUT2D eigenvalue weighted by Crippen LogP contribution is -2.21. The zero-order chi connectivity index (χ0) is 9.97. The Labute approximate surface area is 82.9 Å². The fraction of sp³-hybridized carbons (Fsp3) is 0.0833. The van der Waals surface area contributed by atoms with Crippen LogP contribution in [0, 0.1) is 0 Å². The minimum absolute atomic E-state index is 0.224. The molecule has 0 saturated heterocycles. The maximum atomic E-state index is 10.6. The number of nitrogens with one attached hydrogen (secondary N) is 1. The first-order valence-electron chi connectivity index (χ1n) is 4.49. The second kappa shape index (κ2) is 3.50. The SMILES string of the molecule is C=C1NC(C=O)C=C1c1ccccc1. The Morgan fingerprint density at radius 1 is 1.29 bits per heavy atom. The van der Waals surface area contributed by atoms with Crippen LogP contribution in [-0.2, 0) is 4.79 Å². The summed E-state index contributed by atoms with van der Waals surface area (Å²) in [5.41, 5.74) is 2.92. The Hall–Kier alpha value is -1.83. The monoisotopic (exact) mass is 185 g/mol. The minimum atomic E-state index is -0.224. The van der Waals surface area contributed by atoms with Crippen molar-refractivity contribution in [2.45, 2.75) is 6.04 Å². The van der Waals surface area contributed by atoms with Gasteiger partial charge < -0.3 is 10.1 Å². The molecule has 1 aliphatic rings. The van der Waals surface area contributed by atoms with Crippen molar-refractivity contribution < 1.29 is 4.79 Å². The Balaban J connectivity index is 2.36. The van der Waals surface area contributed by atoms with Gasteiger partial charge in [0.05, 0.1) is 0 Å². The first kappa shape index (κ1) is 8.75. The van der Waals surface area contributed by atoms with Crippen LogP contribution in [0.4, 0.5) is 0 Å². The Morgan fingerprint density at radius 3 is 2.57 bits per heavy atom. The van der Waals surface area contributed by atoms with E-state index in [1.165, 1.54) is 0 Å². The molecule has 0 radical (unpaired) electrons. The topological polar surface area (TPSA) is 29.1 Å². The average molecular weight is 185 g/mol. The van der Waals surface area contributed by atoms with Crippen LogP contribution >= 0.6 is 0 Å². The van der Waals surface area contributed by atoms with Crippen molar-refractivity contribution in [2.24, 2.45) is 0 Å². The molecule has 1 aromatic carbocycles. The van der Waals surface area contributed by atoms with Crippen molar-refractivity contribution in [3.8, 4) is 0 Å². The third kappa shape index (κ3) is 1.46. The van der Waals surface area contributed by atoms with Gasteiger partial charge in [0, 0.05) is 11.3 Å². The maximum absolute atomic E-state index is 10.6. The molecule has 1 aromatic rings. The second-order valence-electron chi connectivity index (χ2n) is 3.23. The molecular formula is C12H11NO. The van der Waals surface area contributed by atoms with Crippen LogP contribution in [0.3, 0.4) is 0 Å². The third-order valence-electron chi connectivity index (χ3n) is 2.24. The third-order valence-corrected chi connectivity index (χ3v) is 2.24. The molecule has 0 saturated carbocycles. The van der Waals surface area contributed by atoms with E-state index < -0.39 is 0 Å². The van der Waals surface area contributed by atoms with Gasteiger partial charge in [-0.15, -0.1) is 0 Å². The van der Waals surface area contributed by atoms with Gasteiger partial charge in [0.15, 0.2) is 0 Å².